The van der Waals surface area contributed by atoms with E-state index in [1.54, 1.807) is 0 Å². The molecule has 1 atom stereocenters. The molecule has 1 unspecified atom stereocenters. The van der Waals surface area contributed by atoms with E-state index in [0.717, 1.165) is 26.2 Å². The smallest absolute Gasteiger partial charge is 0.0303 e. The van der Waals surface area contributed by atoms with Crippen LogP contribution in [0.3, 0.4) is 0 Å². The standard InChI is InChI=1S/C17H39N3/c1-6-10-11-13-17(5,16-18)20(9-4)15-12-14-19(7-2)8-3/h6-16,18H2,1-5H3. The highest BCUT2D eigenvalue weighted by Crippen LogP contribution is 2.22. The van der Waals surface area contributed by atoms with Crippen molar-refractivity contribution in [3.63, 3.8) is 0 Å². The molecule has 0 heterocycles. The van der Waals surface area contributed by atoms with E-state index < -0.39 is 0 Å². The maximum Gasteiger partial charge on any atom is 0.0303 e. The Kier molecular flexibility index (Phi) is 11.5. The highest BCUT2D eigenvalue weighted by atomic mass is 15.2. The summed E-state index contributed by atoms with van der Waals surface area (Å²) in [6.45, 7) is 18.0. The molecular formula is C17H39N3. The highest BCUT2D eigenvalue weighted by Gasteiger charge is 2.28. The molecule has 0 aliphatic rings. The fraction of sp³-hybridized carbons (Fsp3) is 1.00. The minimum atomic E-state index is 0.188. The van der Waals surface area contributed by atoms with Gasteiger partial charge in [0, 0.05) is 12.1 Å². The maximum atomic E-state index is 6.10. The molecule has 0 spiro atoms. The van der Waals surface area contributed by atoms with Crippen LogP contribution in [-0.2, 0) is 0 Å². The monoisotopic (exact) mass is 285 g/mol. The zero-order valence-corrected chi connectivity index (χ0v) is 14.7. The molecule has 0 aromatic heterocycles. The molecule has 0 aromatic rings. The molecule has 0 aliphatic heterocycles. The van der Waals surface area contributed by atoms with Gasteiger partial charge in [-0.2, -0.15) is 0 Å². The molecule has 3 heteroatoms. The van der Waals surface area contributed by atoms with Crippen molar-refractivity contribution in [1.29, 1.82) is 0 Å². The van der Waals surface area contributed by atoms with Crippen LogP contribution in [0.4, 0.5) is 0 Å². The van der Waals surface area contributed by atoms with Crippen molar-refractivity contribution in [2.75, 3.05) is 39.3 Å². The highest BCUT2D eigenvalue weighted by molar-refractivity contribution is 4.87. The molecule has 3 nitrogen and oxygen atoms in total. The first-order valence-corrected chi connectivity index (χ1v) is 8.75. The summed E-state index contributed by atoms with van der Waals surface area (Å²) in [6, 6.07) is 0. The summed E-state index contributed by atoms with van der Waals surface area (Å²) >= 11 is 0. The van der Waals surface area contributed by atoms with Gasteiger partial charge in [0.05, 0.1) is 0 Å². The topological polar surface area (TPSA) is 32.5 Å². The average Bonchev–Trinajstić information content (AvgIpc) is 2.47. The quantitative estimate of drug-likeness (QED) is 0.527. The normalized spacial score (nSPS) is 15.0. The Morgan fingerprint density at radius 3 is 1.95 bits per heavy atom. The van der Waals surface area contributed by atoms with E-state index in [4.69, 9.17) is 5.73 Å². The van der Waals surface area contributed by atoms with Gasteiger partial charge in [0.15, 0.2) is 0 Å². The Morgan fingerprint density at radius 1 is 0.850 bits per heavy atom. The van der Waals surface area contributed by atoms with E-state index in [0.29, 0.717) is 0 Å². The van der Waals surface area contributed by atoms with Crippen LogP contribution in [0.15, 0.2) is 0 Å². The summed E-state index contributed by atoms with van der Waals surface area (Å²) in [5.41, 5.74) is 6.29. The Morgan fingerprint density at radius 2 is 1.50 bits per heavy atom. The Labute approximate surface area is 127 Å². The molecule has 20 heavy (non-hydrogen) atoms. The van der Waals surface area contributed by atoms with Gasteiger partial charge in [0.1, 0.15) is 0 Å². The second kappa shape index (κ2) is 11.5. The van der Waals surface area contributed by atoms with Crippen LogP contribution in [0.1, 0.15) is 66.7 Å². The summed E-state index contributed by atoms with van der Waals surface area (Å²) < 4.78 is 0. The van der Waals surface area contributed by atoms with Gasteiger partial charge in [-0.05, 0) is 52.5 Å². The van der Waals surface area contributed by atoms with Crippen molar-refractivity contribution in [1.82, 2.24) is 9.80 Å². The van der Waals surface area contributed by atoms with Crippen LogP contribution in [0, 0.1) is 0 Å². The van der Waals surface area contributed by atoms with E-state index in [1.807, 2.05) is 0 Å². The molecule has 0 aliphatic carbocycles. The molecule has 0 bridgehead atoms. The fourth-order valence-corrected chi connectivity index (χ4v) is 2.98. The molecule has 0 saturated carbocycles. The van der Waals surface area contributed by atoms with Gasteiger partial charge in [-0.15, -0.1) is 0 Å². The first-order valence-electron chi connectivity index (χ1n) is 8.75. The van der Waals surface area contributed by atoms with Gasteiger partial charge < -0.3 is 10.6 Å². The lowest BCUT2D eigenvalue weighted by Crippen LogP contribution is -2.52. The molecular weight excluding hydrogens is 246 g/mol. The number of rotatable bonds is 13. The molecule has 0 saturated heterocycles. The lowest BCUT2D eigenvalue weighted by atomic mass is 9.92. The van der Waals surface area contributed by atoms with Crippen molar-refractivity contribution in [3.8, 4) is 0 Å². The SMILES string of the molecule is CCCCCC(C)(CN)N(CC)CCCN(CC)CC. The van der Waals surface area contributed by atoms with E-state index in [-0.39, 0.29) is 5.54 Å². The van der Waals surface area contributed by atoms with Gasteiger partial charge >= 0.3 is 0 Å². The van der Waals surface area contributed by atoms with Crippen LogP contribution in [0.25, 0.3) is 0 Å². The van der Waals surface area contributed by atoms with Crippen LogP contribution in [-0.4, -0.2) is 54.6 Å². The Hall–Kier alpha value is -0.120. The summed E-state index contributed by atoms with van der Waals surface area (Å²) in [5, 5.41) is 0. The summed E-state index contributed by atoms with van der Waals surface area (Å²) in [7, 11) is 0. The molecule has 0 aromatic carbocycles. The third-order valence-corrected chi connectivity index (χ3v) is 4.70. The van der Waals surface area contributed by atoms with Gasteiger partial charge in [0.2, 0.25) is 0 Å². The molecule has 2 N–H and O–H groups in total. The van der Waals surface area contributed by atoms with Crippen LogP contribution in [0.5, 0.6) is 0 Å². The molecule has 0 radical (unpaired) electrons. The first-order chi connectivity index (χ1) is 9.57. The minimum absolute atomic E-state index is 0.188. The number of likely N-dealkylation sites (N-methyl/N-ethyl adjacent to an activating group) is 1. The largest absolute Gasteiger partial charge is 0.329 e. The molecule has 0 fully saturated rings. The summed E-state index contributed by atoms with van der Waals surface area (Å²) in [5.74, 6) is 0. The van der Waals surface area contributed by atoms with Gasteiger partial charge in [0.25, 0.3) is 0 Å². The van der Waals surface area contributed by atoms with Crippen LogP contribution < -0.4 is 5.73 Å². The van der Waals surface area contributed by atoms with E-state index in [1.165, 1.54) is 45.2 Å². The Bertz CT molecular complexity index is 216. The van der Waals surface area contributed by atoms with Crippen molar-refractivity contribution in [2.45, 2.75) is 72.3 Å². The average molecular weight is 286 g/mol. The van der Waals surface area contributed by atoms with E-state index in [9.17, 15) is 0 Å². The third-order valence-electron chi connectivity index (χ3n) is 4.70. The minimum Gasteiger partial charge on any atom is -0.329 e. The third kappa shape index (κ3) is 7.05. The number of unbranched alkanes of at least 4 members (excludes halogenated alkanes) is 2. The maximum absolute atomic E-state index is 6.10. The first kappa shape index (κ1) is 19.9. The predicted molar refractivity (Wildman–Crippen MR) is 91.3 cm³/mol. The molecule has 122 valence electrons. The van der Waals surface area contributed by atoms with E-state index in [2.05, 4.69) is 44.4 Å². The number of nitrogens with zero attached hydrogens (tertiary/aromatic N) is 2. The molecule has 0 amide bonds. The lowest BCUT2D eigenvalue weighted by Gasteiger charge is -2.41. The van der Waals surface area contributed by atoms with Gasteiger partial charge in [-0.1, -0.05) is 47.0 Å². The van der Waals surface area contributed by atoms with Crippen molar-refractivity contribution in [2.24, 2.45) is 5.73 Å². The van der Waals surface area contributed by atoms with Gasteiger partial charge in [-0.3, -0.25) is 4.90 Å². The second-order valence-electron chi connectivity index (χ2n) is 6.12. The zero-order chi connectivity index (χ0) is 15.4. The fourth-order valence-electron chi connectivity index (χ4n) is 2.98. The number of hydrogen-bond donors (Lipinski definition) is 1. The Balaban J connectivity index is 4.30. The van der Waals surface area contributed by atoms with Crippen LogP contribution in [0.2, 0.25) is 0 Å². The van der Waals surface area contributed by atoms with Crippen molar-refractivity contribution >= 4 is 0 Å². The molecule has 0 rings (SSSR count). The van der Waals surface area contributed by atoms with Gasteiger partial charge in [-0.25, -0.2) is 0 Å². The predicted octanol–water partition coefficient (Wildman–Crippen LogP) is 3.34. The zero-order valence-electron chi connectivity index (χ0n) is 14.7. The number of nitrogens with two attached hydrogens (primary N) is 1. The summed E-state index contributed by atoms with van der Waals surface area (Å²) in [6.07, 6.45) is 6.40. The van der Waals surface area contributed by atoms with E-state index >= 15 is 0 Å². The number of hydrogen-bond acceptors (Lipinski definition) is 3. The van der Waals surface area contributed by atoms with Crippen LogP contribution >= 0.6 is 0 Å². The summed E-state index contributed by atoms with van der Waals surface area (Å²) in [4.78, 5) is 5.11. The van der Waals surface area contributed by atoms with Crippen molar-refractivity contribution in [3.05, 3.63) is 0 Å². The van der Waals surface area contributed by atoms with Crippen molar-refractivity contribution < 1.29 is 0 Å². The lowest BCUT2D eigenvalue weighted by molar-refractivity contribution is 0.0986. The second-order valence-corrected chi connectivity index (χ2v) is 6.12.